The highest BCUT2D eigenvalue weighted by Crippen LogP contribution is 2.46. The maximum Gasteiger partial charge on any atom is 0.273 e. The zero-order valence-electron chi connectivity index (χ0n) is 21.6. The van der Waals surface area contributed by atoms with Gasteiger partial charge in [-0.25, -0.2) is 0 Å². The van der Waals surface area contributed by atoms with Gasteiger partial charge < -0.3 is 19.5 Å². The third-order valence-electron chi connectivity index (χ3n) is 6.64. The molecule has 0 aliphatic carbocycles. The highest BCUT2D eigenvalue weighted by molar-refractivity contribution is 6.00. The van der Waals surface area contributed by atoms with Crippen LogP contribution in [0.3, 0.4) is 0 Å². The molecule has 36 heavy (non-hydrogen) atoms. The summed E-state index contributed by atoms with van der Waals surface area (Å²) in [5.41, 5.74) is 5.06. The first-order chi connectivity index (χ1) is 17.4. The number of methoxy groups -OCH3 is 1. The number of hydrogen-bond donors (Lipinski definition) is 2. The number of rotatable bonds is 11. The fraction of sp³-hybridized carbons (Fsp3) is 0.379. The lowest BCUT2D eigenvalue weighted by Crippen LogP contribution is -2.29. The van der Waals surface area contributed by atoms with Crippen molar-refractivity contribution < 1.29 is 19.4 Å². The standard InChI is InChI=1S/C29H35N3O4/c1-6-8-9-10-14-36-22-12-11-20(17-23(22)35-5)28-25-26(24-19(4)15-18(3)16-21(24)33)30-31-27(25)29(34)32(28)13-7-2/h7,11-12,15-17,28,33H,2,6,8-10,13-14H2,1,3-5H3,(H,30,31). The van der Waals surface area contributed by atoms with Gasteiger partial charge in [0.2, 0.25) is 0 Å². The van der Waals surface area contributed by atoms with Crippen molar-refractivity contribution in [2.75, 3.05) is 20.3 Å². The molecular formula is C29H35N3O4. The number of phenols is 1. The predicted octanol–water partition coefficient (Wildman–Crippen LogP) is 6.10. The van der Waals surface area contributed by atoms with Crippen LogP contribution in [0.15, 0.2) is 43.0 Å². The highest BCUT2D eigenvalue weighted by atomic mass is 16.5. The molecule has 1 unspecified atom stereocenters. The summed E-state index contributed by atoms with van der Waals surface area (Å²) in [6.07, 6.45) is 6.21. The van der Waals surface area contributed by atoms with E-state index in [9.17, 15) is 9.90 Å². The van der Waals surface area contributed by atoms with Crippen molar-refractivity contribution in [3.8, 4) is 28.5 Å². The van der Waals surface area contributed by atoms with Crippen molar-refractivity contribution in [3.05, 3.63) is 70.9 Å². The number of unbranched alkanes of at least 4 members (excludes halogenated alkanes) is 3. The van der Waals surface area contributed by atoms with E-state index in [1.54, 1.807) is 24.2 Å². The summed E-state index contributed by atoms with van der Waals surface area (Å²) >= 11 is 0. The van der Waals surface area contributed by atoms with E-state index in [1.165, 1.54) is 12.8 Å². The average molecular weight is 490 g/mol. The second-order valence-electron chi connectivity index (χ2n) is 9.30. The fourth-order valence-electron chi connectivity index (χ4n) is 5.00. The minimum Gasteiger partial charge on any atom is -0.507 e. The summed E-state index contributed by atoms with van der Waals surface area (Å²) in [4.78, 5) is 15.1. The van der Waals surface area contributed by atoms with E-state index in [-0.39, 0.29) is 11.7 Å². The molecule has 190 valence electrons. The number of H-pyrrole nitrogens is 1. The molecule has 0 saturated heterocycles. The summed E-state index contributed by atoms with van der Waals surface area (Å²) < 4.78 is 11.7. The van der Waals surface area contributed by atoms with Crippen molar-refractivity contribution in [2.45, 2.75) is 52.5 Å². The fourth-order valence-corrected chi connectivity index (χ4v) is 5.00. The second kappa shape index (κ2) is 10.9. The SMILES string of the molecule is C=CCN1C(=O)c2[nH]nc(-c3c(C)cc(C)cc3O)c2C1c1ccc(OCCCCCC)c(OC)c1. The van der Waals surface area contributed by atoms with Crippen molar-refractivity contribution in [1.82, 2.24) is 15.1 Å². The van der Waals surface area contributed by atoms with Gasteiger partial charge in [0.15, 0.2) is 11.5 Å². The lowest BCUT2D eigenvalue weighted by molar-refractivity contribution is 0.0764. The van der Waals surface area contributed by atoms with Crippen LogP contribution in [-0.2, 0) is 0 Å². The Morgan fingerprint density at radius 1 is 1.17 bits per heavy atom. The maximum absolute atomic E-state index is 13.4. The highest BCUT2D eigenvalue weighted by Gasteiger charge is 2.42. The van der Waals surface area contributed by atoms with Crippen molar-refractivity contribution in [1.29, 1.82) is 0 Å². The van der Waals surface area contributed by atoms with E-state index in [2.05, 4.69) is 23.7 Å². The van der Waals surface area contributed by atoms with Crippen LogP contribution in [0.2, 0.25) is 0 Å². The van der Waals surface area contributed by atoms with Crippen LogP contribution in [0.5, 0.6) is 17.2 Å². The molecule has 7 heteroatoms. The smallest absolute Gasteiger partial charge is 0.273 e. The molecule has 1 atom stereocenters. The third-order valence-corrected chi connectivity index (χ3v) is 6.64. The number of amides is 1. The van der Waals surface area contributed by atoms with Gasteiger partial charge in [-0.15, -0.1) is 6.58 Å². The number of carbonyl (C=O) groups is 1. The number of nitrogens with zero attached hydrogens (tertiary/aromatic N) is 2. The Kier molecular flexibility index (Phi) is 7.67. The molecule has 1 aliphatic rings. The molecule has 0 fully saturated rings. The van der Waals surface area contributed by atoms with Gasteiger partial charge in [0.25, 0.3) is 5.91 Å². The Morgan fingerprint density at radius 3 is 2.67 bits per heavy atom. The van der Waals surface area contributed by atoms with Gasteiger partial charge in [-0.1, -0.05) is 44.4 Å². The summed E-state index contributed by atoms with van der Waals surface area (Å²) in [5, 5.41) is 18.2. The van der Waals surface area contributed by atoms with Gasteiger partial charge in [-0.3, -0.25) is 9.89 Å². The lowest BCUT2D eigenvalue weighted by atomic mass is 9.93. The second-order valence-corrected chi connectivity index (χ2v) is 9.30. The number of aromatic nitrogens is 2. The van der Waals surface area contributed by atoms with Crippen LogP contribution >= 0.6 is 0 Å². The van der Waals surface area contributed by atoms with E-state index < -0.39 is 6.04 Å². The first-order valence-electron chi connectivity index (χ1n) is 12.5. The molecule has 7 nitrogen and oxygen atoms in total. The van der Waals surface area contributed by atoms with E-state index in [0.29, 0.717) is 41.6 Å². The van der Waals surface area contributed by atoms with Crippen LogP contribution in [0.1, 0.15) is 71.4 Å². The molecule has 0 spiro atoms. The number of phenolic OH excluding ortho intramolecular Hbond substituents is 1. The predicted molar refractivity (Wildman–Crippen MR) is 141 cm³/mol. The van der Waals surface area contributed by atoms with E-state index >= 15 is 0 Å². The van der Waals surface area contributed by atoms with E-state index in [1.807, 2.05) is 38.1 Å². The number of aromatic hydroxyl groups is 1. The third kappa shape index (κ3) is 4.70. The summed E-state index contributed by atoms with van der Waals surface area (Å²) in [7, 11) is 1.62. The Labute approximate surface area is 212 Å². The Hall–Kier alpha value is -3.74. The zero-order chi connectivity index (χ0) is 25.8. The molecule has 1 aromatic heterocycles. The van der Waals surface area contributed by atoms with Crippen LogP contribution in [0, 0.1) is 13.8 Å². The quantitative estimate of drug-likeness (QED) is 0.251. The number of fused-ring (bicyclic) bond motifs is 1. The van der Waals surface area contributed by atoms with Crippen LogP contribution in [0.4, 0.5) is 0 Å². The van der Waals surface area contributed by atoms with Crippen molar-refractivity contribution >= 4 is 5.91 Å². The minimum absolute atomic E-state index is 0.138. The number of benzene rings is 2. The van der Waals surface area contributed by atoms with Gasteiger partial charge >= 0.3 is 0 Å². The van der Waals surface area contributed by atoms with Gasteiger partial charge in [-0.05, 0) is 55.2 Å². The van der Waals surface area contributed by atoms with Crippen molar-refractivity contribution in [3.63, 3.8) is 0 Å². The van der Waals surface area contributed by atoms with Crippen LogP contribution in [-0.4, -0.2) is 46.4 Å². The number of hydrogen-bond acceptors (Lipinski definition) is 5. The number of aromatic amines is 1. The Balaban J connectivity index is 1.76. The largest absolute Gasteiger partial charge is 0.507 e. The molecule has 0 radical (unpaired) electrons. The summed E-state index contributed by atoms with van der Waals surface area (Å²) in [6, 6.07) is 9.07. The molecule has 2 N–H and O–H groups in total. The lowest BCUT2D eigenvalue weighted by Gasteiger charge is -2.26. The van der Waals surface area contributed by atoms with E-state index in [0.717, 1.165) is 35.1 Å². The van der Waals surface area contributed by atoms with E-state index in [4.69, 9.17) is 9.47 Å². The van der Waals surface area contributed by atoms with Crippen LogP contribution in [0.25, 0.3) is 11.3 Å². The zero-order valence-corrected chi connectivity index (χ0v) is 21.6. The molecule has 0 saturated carbocycles. The van der Waals surface area contributed by atoms with Gasteiger partial charge in [-0.2, -0.15) is 5.10 Å². The number of ether oxygens (including phenoxy) is 2. The maximum atomic E-state index is 13.4. The summed E-state index contributed by atoms with van der Waals surface area (Å²) in [5.74, 6) is 1.27. The van der Waals surface area contributed by atoms with Crippen molar-refractivity contribution in [2.24, 2.45) is 0 Å². The Bertz CT molecular complexity index is 1240. The van der Waals surface area contributed by atoms with Gasteiger partial charge in [0, 0.05) is 17.7 Å². The topological polar surface area (TPSA) is 87.7 Å². The molecule has 1 amide bonds. The Morgan fingerprint density at radius 2 is 1.97 bits per heavy atom. The van der Waals surface area contributed by atoms with Gasteiger partial charge in [0.05, 0.1) is 19.8 Å². The molecule has 1 aliphatic heterocycles. The number of nitrogens with one attached hydrogen (secondary N) is 1. The minimum atomic E-state index is -0.424. The average Bonchev–Trinajstić information content (AvgIpc) is 3.38. The molecule has 4 rings (SSSR count). The molecule has 2 heterocycles. The monoisotopic (exact) mass is 489 g/mol. The molecular weight excluding hydrogens is 454 g/mol. The number of aryl methyl sites for hydroxylation is 2. The van der Waals surface area contributed by atoms with Crippen LogP contribution < -0.4 is 9.47 Å². The number of carbonyl (C=O) groups excluding carboxylic acids is 1. The summed E-state index contributed by atoms with van der Waals surface area (Å²) in [6.45, 7) is 10.9. The molecule has 3 aromatic rings. The first kappa shape index (κ1) is 25.4. The first-order valence-corrected chi connectivity index (χ1v) is 12.5. The molecule has 0 bridgehead atoms. The normalized spacial score (nSPS) is 14.7. The van der Waals surface area contributed by atoms with Gasteiger partial charge in [0.1, 0.15) is 17.1 Å². The molecule has 2 aromatic carbocycles.